The number of benzene rings is 2. The van der Waals surface area contributed by atoms with Crippen LogP contribution in [-0.4, -0.2) is 11.9 Å². The number of aliphatic carboxylic acids is 1. The number of anilines is 1. The normalized spacial score (nSPS) is 10.4. The Labute approximate surface area is 116 Å². The van der Waals surface area contributed by atoms with Crippen molar-refractivity contribution in [3.8, 4) is 0 Å². The molecule has 0 heterocycles. The quantitative estimate of drug-likeness (QED) is 0.856. The number of rotatable bonds is 4. The highest BCUT2D eigenvalue weighted by molar-refractivity contribution is 6.04. The van der Waals surface area contributed by atoms with Gasteiger partial charge in [-0.15, -0.1) is 0 Å². The topological polar surface area (TPSA) is 69.2 Å². The molecule has 0 saturated carbocycles. The van der Waals surface area contributed by atoms with Crippen molar-refractivity contribution in [3.63, 3.8) is 0 Å². The lowest BCUT2D eigenvalue weighted by Crippen LogP contribution is -2.18. The maximum absolute atomic E-state index is 12.0. The molecule has 0 aliphatic heterocycles. The van der Waals surface area contributed by atoms with Crippen molar-refractivity contribution in [2.75, 3.05) is 5.32 Å². The second kappa shape index (κ2) is 6.33. The predicted octanol–water partition coefficient (Wildman–Crippen LogP) is 1.70. The van der Waals surface area contributed by atoms with Gasteiger partial charge in [-0.25, -0.2) is 0 Å². The van der Waals surface area contributed by atoms with Crippen molar-refractivity contribution < 1.29 is 14.7 Å². The first kappa shape index (κ1) is 13.5. The number of carboxylic acid groups (broad SMARTS) is 1. The van der Waals surface area contributed by atoms with Gasteiger partial charge in [-0.05, 0) is 35.9 Å². The highest BCUT2D eigenvalue weighted by Crippen LogP contribution is 2.13. The molecule has 0 aliphatic carbocycles. The minimum atomic E-state index is -1.26. The number of amides is 1. The summed E-state index contributed by atoms with van der Waals surface area (Å²) in [5.74, 6) is -1.48. The van der Waals surface area contributed by atoms with Crippen LogP contribution in [0.1, 0.15) is 15.9 Å². The van der Waals surface area contributed by atoms with E-state index in [1.807, 2.05) is 6.07 Å². The lowest BCUT2D eigenvalue weighted by atomic mass is 10.1. The van der Waals surface area contributed by atoms with Gasteiger partial charge in [0.05, 0.1) is 5.97 Å². The molecule has 4 heteroatoms. The van der Waals surface area contributed by atoms with Crippen LogP contribution in [0, 0.1) is 0 Å². The van der Waals surface area contributed by atoms with Crippen molar-refractivity contribution >= 4 is 23.6 Å². The van der Waals surface area contributed by atoms with Gasteiger partial charge < -0.3 is 15.2 Å². The smallest absolute Gasteiger partial charge is 0.255 e. The molecular formula is C16H12NO3-. The molecule has 0 bridgehead atoms. The average molecular weight is 266 g/mol. The summed E-state index contributed by atoms with van der Waals surface area (Å²) in [5, 5.41) is 13.1. The summed E-state index contributed by atoms with van der Waals surface area (Å²) in [6, 6.07) is 15.7. The highest BCUT2D eigenvalue weighted by Gasteiger charge is 2.04. The van der Waals surface area contributed by atoms with Gasteiger partial charge in [0.15, 0.2) is 0 Å². The van der Waals surface area contributed by atoms with Gasteiger partial charge in [0, 0.05) is 11.3 Å². The highest BCUT2D eigenvalue weighted by atomic mass is 16.4. The van der Waals surface area contributed by atoms with Gasteiger partial charge in [-0.2, -0.15) is 0 Å². The third-order valence-electron chi connectivity index (χ3n) is 2.59. The van der Waals surface area contributed by atoms with E-state index in [9.17, 15) is 14.7 Å². The summed E-state index contributed by atoms with van der Waals surface area (Å²) >= 11 is 0. The van der Waals surface area contributed by atoms with E-state index >= 15 is 0 Å². The molecule has 2 aromatic carbocycles. The first-order chi connectivity index (χ1) is 9.65. The van der Waals surface area contributed by atoms with Crippen LogP contribution in [0.15, 0.2) is 60.7 Å². The Kier molecular flexibility index (Phi) is 4.29. The Bertz CT molecular complexity index is 648. The molecule has 0 fully saturated rings. The Morgan fingerprint density at radius 3 is 2.45 bits per heavy atom. The molecule has 0 radical (unpaired) electrons. The zero-order chi connectivity index (χ0) is 14.4. The van der Waals surface area contributed by atoms with Crippen molar-refractivity contribution in [2.24, 2.45) is 0 Å². The van der Waals surface area contributed by atoms with Crippen LogP contribution >= 0.6 is 0 Å². The van der Waals surface area contributed by atoms with Crippen LogP contribution in [-0.2, 0) is 4.79 Å². The maximum atomic E-state index is 12.0. The Hall–Kier alpha value is -2.88. The number of hydrogen-bond donors (Lipinski definition) is 1. The fourth-order valence-electron chi connectivity index (χ4n) is 1.68. The summed E-state index contributed by atoms with van der Waals surface area (Å²) < 4.78 is 0. The lowest BCUT2D eigenvalue weighted by Gasteiger charge is -2.06. The van der Waals surface area contributed by atoms with E-state index in [1.54, 1.807) is 48.5 Å². The van der Waals surface area contributed by atoms with Crippen molar-refractivity contribution in [1.29, 1.82) is 0 Å². The van der Waals surface area contributed by atoms with Crippen molar-refractivity contribution in [3.05, 3.63) is 71.8 Å². The Balaban J connectivity index is 2.12. The summed E-state index contributed by atoms with van der Waals surface area (Å²) in [6.45, 7) is 0. The van der Waals surface area contributed by atoms with Crippen LogP contribution in [0.2, 0.25) is 0 Å². The van der Waals surface area contributed by atoms with Crippen LogP contribution in [0.25, 0.3) is 6.08 Å². The van der Waals surface area contributed by atoms with E-state index in [0.717, 1.165) is 6.08 Å². The number of hydrogen-bond acceptors (Lipinski definition) is 3. The average Bonchev–Trinajstić information content (AvgIpc) is 2.46. The van der Waals surface area contributed by atoms with E-state index in [4.69, 9.17) is 0 Å². The van der Waals surface area contributed by atoms with E-state index < -0.39 is 5.97 Å². The summed E-state index contributed by atoms with van der Waals surface area (Å²) in [5.41, 5.74) is 1.82. The molecular weight excluding hydrogens is 254 g/mol. The van der Waals surface area contributed by atoms with Gasteiger partial charge >= 0.3 is 0 Å². The van der Waals surface area contributed by atoms with E-state index in [0.29, 0.717) is 16.8 Å². The van der Waals surface area contributed by atoms with Crippen LogP contribution in [0.5, 0.6) is 0 Å². The fourth-order valence-corrected chi connectivity index (χ4v) is 1.68. The molecule has 2 aromatic rings. The van der Waals surface area contributed by atoms with Gasteiger partial charge in [0.1, 0.15) is 0 Å². The molecule has 0 spiro atoms. The monoisotopic (exact) mass is 266 g/mol. The van der Waals surface area contributed by atoms with E-state index in [2.05, 4.69) is 5.32 Å². The minimum absolute atomic E-state index is 0.216. The van der Waals surface area contributed by atoms with Crippen LogP contribution < -0.4 is 10.4 Å². The molecule has 1 amide bonds. The van der Waals surface area contributed by atoms with Crippen LogP contribution in [0.3, 0.4) is 0 Å². The first-order valence-electron chi connectivity index (χ1n) is 6.01. The number of carbonyl (C=O) groups excluding carboxylic acids is 2. The lowest BCUT2D eigenvalue weighted by molar-refractivity contribution is -0.297. The molecule has 4 nitrogen and oxygen atoms in total. The second-order valence-corrected chi connectivity index (χ2v) is 4.10. The molecule has 1 N–H and O–H groups in total. The number of carbonyl (C=O) groups is 2. The first-order valence-corrected chi connectivity index (χ1v) is 6.01. The minimum Gasteiger partial charge on any atom is -0.545 e. The maximum Gasteiger partial charge on any atom is 0.255 e. The molecule has 20 heavy (non-hydrogen) atoms. The standard InChI is InChI=1S/C16H13NO3/c18-15(19)10-9-12-5-4-8-14(11-12)17-16(20)13-6-2-1-3-7-13/h1-11H,(H,17,20)(H,18,19)/p-1/b10-9+. The number of carboxylic acids is 1. The van der Waals surface area contributed by atoms with Gasteiger partial charge in [-0.1, -0.05) is 36.4 Å². The summed E-state index contributed by atoms with van der Waals surface area (Å²) in [7, 11) is 0. The molecule has 0 aliphatic rings. The molecule has 0 saturated heterocycles. The second-order valence-electron chi connectivity index (χ2n) is 4.10. The zero-order valence-electron chi connectivity index (χ0n) is 10.6. The third-order valence-corrected chi connectivity index (χ3v) is 2.59. The zero-order valence-corrected chi connectivity index (χ0v) is 10.6. The van der Waals surface area contributed by atoms with Gasteiger partial charge in [0.2, 0.25) is 0 Å². The third kappa shape index (κ3) is 3.81. The summed E-state index contributed by atoms with van der Waals surface area (Å²) in [4.78, 5) is 22.3. The van der Waals surface area contributed by atoms with Gasteiger partial charge in [-0.3, -0.25) is 4.79 Å². The number of nitrogens with one attached hydrogen (secondary N) is 1. The Morgan fingerprint density at radius 2 is 1.75 bits per heavy atom. The van der Waals surface area contributed by atoms with Crippen molar-refractivity contribution in [2.45, 2.75) is 0 Å². The Morgan fingerprint density at radius 1 is 1.00 bits per heavy atom. The van der Waals surface area contributed by atoms with E-state index in [1.165, 1.54) is 6.08 Å². The SMILES string of the molecule is O=C([O-])/C=C/c1cccc(NC(=O)c2ccccc2)c1. The van der Waals surface area contributed by atoms with Gasteiger partial charge in [0.25, 0.3) is 5.91 Å². The van der Waals surface area contributed by atoms with Crippen molar-refractivity contribution in [1.82, 2.24) is 0 Å². The molecule has 0 atom stereocenters. The van der Waals surface area contributed by atoms with Crippen LogP contribution in [0.4, 0.5) is 5.69 Å². The summed E-state index contributed by atoms with van der Waals surface area (Å²) in [6.07, 6.45) is 2.35. The fraction of sp³-hybridized carbons (Fsp3) is 0. The molecule has 2 rings (SSSR count). The molecule has 0 unspecified atom stereocenters. The predicted molar refractivity (Wildman–Crippen MR) is 74.9 cm³/mol. The van der Waals surface area contributed by atoms with E-state index in [-0.39, 0.29) is 5.91 Å². The molecule has 0 aromatic heterocycles. The largest absolute Gasteiger partial charge is 0.545 e. The molecule has 100 valence electrons.